The molecule has 0 aliphatic carbocycles. The van der Waals surface area contributed by atoms with Crippen molar-refractivity contribution in [2.24, 2.45) is 0 Å². The molecule has 0 aromatic heterocycles. The van der Waals surface area contributed by atoms with E-state index in [0.717, 1.165) is 44.9 Å². The van der Waals surface area contributed by atoms with Gasteiger partial charge in [0.25, 0.3) is 0 Å². The van der Waals surface area contributed by atoms with Crippen LogP contribution in [-0.4, -0.2) is 47.4 Å². The lowest BCUT2D eigenvalue weighted by atomic mass is 10.0. The van der Waals surface area contributed by atoms with E-state index < -0.39 is 12.1 Å². The molecule has 6 heteroatoms. The van der Waals surface area contributed by atoms with E-state index in [1.165, 1.54) is 424 Å². The zero-order chi connectivity index (χ0) is 67.7. The molecule has 0 aromatic carbocycles. The topological polar surface area (TPSA) is 95.9 Å². The molecule has 0 heterocycles. The maximum atomic E-state index is 12.6. The average molecular weight is 1320 g/mol. The molecule has 6 nitrogen and oxygen atoms in total. The molecule has 0 fully saturated rings. The van der Waals surface area contributed by atoms with E-state index in [1.54, 1.807) is 0 Å². The summed E-state index contributed by atoms with van der Waals surface area (Å²) in [6.45, 7) is 5.02. The molecule has 0 rings (SSSR count). The van der Waals surface area contributed by atoms with Crippen molar-refractivity contribution in [1.29, 1.82) is 0 Å². The van der Waals surface area contributed by atoms with Crippen LogP contribution in [0.4, 0.5) is 0 Å². The van der Waals surface area contributed by atoms with Gasteiger partial charge in [-0.15, -0.1) is 0 Å². The molecule has 0 aromatic rings. The highest BCUT2D eigenvalue weighted by Crippen LogP contribution is 2.21. The molecule has 0 bridgehead atoms. The molecule has 1 amide bonds. The zero-order valence-electron chi connectivity index (χ0n) is 64.2. The number of rotatable bonds is 83. The van der Waals surface area contributed by atoms with Gasteiger partial charge in [0.2, 0.25) is 5.91 Å². The predicted molar refractivity (Wildman–Crippen MR) is 417 cm³/mol. The molecular weight excluding hydrogens is 1150 g/mol. The monoisotopic (exact) mass is 1320 g/mol. The quantitative estimate of drug-likeness (QED) is 0.0320. The molecule has 0 saturated carbocycles. The first kappa shape index (κ1) is 92.3. The third-order valence-electron chi connectivity index (χ3n) is 20.8. The van der Waals surface area contributed by atoms with Crippen molar-refractivity contribution in [2.45, 2.75) is 514 Å². The fourth-order valence-corrected chi connectivity index (χ4v) is 14.1. The summed E-state index contributed by atoms with van der Waals surface area (Å²) in [6.07, 6.45) is 109. The van der Waals surface area contributed by atoms with Gasteiger partial charge in [0.15, 0.2) is 0 Å². The van der Waals surface area contributed by atoms with Gasteiger partial charge in [0.05, 0.1) is 25.4 Å². The fourth-order valence-electron chi connectivity index (χ4n) is 14.1. The van der Waals surface area contributed by atoms with Crippen LogP contribution in [-0.2, 0) is 14.3 Å². The number of carbonyl (C=O) groups is 2. The number of ether oxygens (including phenoxy) is 1. The Balaban J connectivity index is 3.34. The van der Waals surface area contributed by atoms with Gasteiger partial charge in [-0.05, 0) is 57.8 Å². The number of esters is 1. The standard InChI is InChI=1S/C88H171NO5/c1-3-5-7-9-11-13-15-17-19-21-23-41-45-48-52-56-60-64-68-72-76-80-86(91)85(84-90)89-87(92)81-77-73-69-65-61-57-53-49-46-42-39-37-35-33-31-29-27-25-24-26-28-30-32-34-36-38-40-43-47-51-55-59-63-67-71-75-79-83-94-88(93)82-78-74-70-66-62-58-54-50-44-22-20-18-16-14-12-10-8-6-4-2/h24,26,30,32,85-86,90-91H,3-23,25,27-29,31,33-84H2,1-2H3,(H,89,92)/b26-24-,32-30-. The first-order valence-electron chi connectivity index (χ1n) is 43.6. The van der Waals surface area contributed by atoms with E-state index >= 15 is 0 Å². The lowest BCUT2D eigenvalue weighted by Crippen LogP contribution is -2.45. The second-order valence-corrected chi connectivity index (χ2v) is 30.2. The van der Waals surface area contributed by atoms with Crippen LogP contribution in [0.5, 0.6) is 0 Å². The van der Waals surface area contributed by atoms with E-state index in [-0.39, 0.29) is 18.5 Å². The van der Waals surface area contributed by atoms with Gasteiger partial charge in [-0.1, -0.05) is 456 Å². The molecule has 3 N–H and O–H groups in total. The van der Waals surface area contributed by atoms with Gasteiger partial charge in [-0.2, -0.15) is 0 Å². The van der Waals surface area contributed by atoms with Gasteiger partial charge in [-0.25, -0.2) is 0 Å². The van der Waals surface area contributed by atoms with Crippen molar-refractivity contribution in [3.8, 4) is 0 Å². The lowest BCUT2D eigenvalue weighted by molar-refractivity contribution is -0.143. The second kappa shape index (κ2) is 83.8. The summed E-state index contributed by atoms with van der Waals surface area (Å²) in [4.78, 5) is 24.7. The van der Waals surface area contributed by atoms with Gasteiger partial charge in [0, 0.05) is 12.8 Å². The number of amides is 1. The van der Waals surface area contributed by atoms with Crippen LogP contribution >= 0.6 is 0 Å². The van der Waals surface area contributed by atoms with E-state index in [2.05, 4.69) is 43.5 Å². The minimum absolute atomic E-state index is 0.0249. The minimum Gasteiger partial charge on any atom is -0.466 e. The van der Waals surface area contributed by atoms with Gasteiger partial charge >= 0.3 is 5.97 Å². The Bertz CT molecular complexity index is 1480. The first-order valence-corrected chi connectivity index (χ1v) is 43.6. The number of hydrogen-bond acceptors (Lipinski definition) is 5. The predicted octanol–water partition coefficient (Wildman–Crippen LogP) is 29.2. The van der Waals surface area contributed by atoms with Crippen molar-refractivity contribution in [1.82, 2.24) is 5.32 Å². The second-order valence-electron chi connectivity index (χ2n) is 30.2. The van der Waals surface area contributed by atoms with Crippen LogP contribution in [0.25, 0.3) is 0 Å². The van der Waals surface area contributed by atoms with Crippen LogP contribution in [0, 0.1) is 0 Å². The van der Waals surface area contributed by atoms with Crippen LogP contribution in [0.15, 0.2) is 24.3 Å². The van der Waals surface area contributed by atoms with Gasteiger partial charge in [-0.3, -0.25) is 9.59 Å². The fraction of sp³-hybridized carbons (Fsp3) is 0.932. The highest BCUT2D eigenvalue weighted by atomic mass is 16.5. The van der Waals surface area contributed by atoms with Crippen LogP contribution in [0.1, 0.15) is 502 Å². The Morgan fingerprint density at radius 2 is 0.532 bits per heavy atom. The van der Waals surface area contributed by atoms with Crippen molar-refractivity contribution < 1.29 is 24.5 Å². The van der Waals surface area contributed by atoms with E-state index in [9.17, 15) is 19.8 Å². The third-order valence-corrected chi connectivity index (χ3v) is 20.8. The Labute approximate surface area is 590 Å². The van der Waals surface area contributed by atoms with E-state index in [4.69, 9.17) is 4.74 Å². The Hall–Kier alpha value is -1.66. The summed E-state index contributed by atoms with van der Waals surface area (Å²) in [7, 11) is 0. The smallest absolute Gasteiger partial charge is 0.305 e. The van der Waals surface area contributed by atoms with Gasteiger partial charge in [0.1, 0.15) is 0 Å². The Kier molecular flexibility index (Phi) is 82.3. The normalized spacial score (nSPS) is 12.5. The lowest BCUT2D eigenvalue weighted by Gasteiger charge is -2.22. The highest BCUT2D eigenvalue weighted by molar-refractivity contribution is 5.76. The minimum atomic E-state index is -0.663. The Morgan fingerprint density at radius 3 is 0.809 bits per heavy atom. The molecule has 0 spiro atoms. The molecule has 2 atom stereocenters. The maximum Gasteiger partial charge on any atom is 0.305 e. The third kappa shape index (κ3) is 79.3. The number of aliphatic hydroxyl groups excluding tert-OH is 2. The number of unbranched alkanes of at least 4 members (excludes halogenated alkanes) is 68. The number of carbonyl (C=O) groups excluding carboxylic acids is 2. The maximum absolute atomic E-state index is 12.6. The summed E-state index contributed by atoms with van der Waals surface area (Å²) in [5.74, 6) is -0.00163. The van der Waals surface area contributed by atoms with E-state index in [1.807, 2.05) is 0 Å². The first-order chi connectivity index (χ1) is 46.5. The summed E-state index contributed by atoms with van der Waals surface area (Å²) < 4.78 is 5.52. The average Bonchev–Trinajstić information content (AvgIpc) is 3.64. The molecule has 94 heavy (non-hydrogen) atoms. The SMILES string of the molecule is CCCCCCCCCCCCCCCCCCCCCCCC(O)C(CO)NC(=O)CCCCCCCCCCCCCCCCCCC/C=C\C/C=C\CCCCCCCCCCCCCCCOC(=O)CCCCCCCCCCCCCCCCCCCCC. The van der Waals surface area contributed by atoms with Crippen LogP contribution < -0.4 is 5.32 Å². The molecule has 0 aliphatic heterocycles. The number of nitrogens with one attached hydrogen (secondary N) is 1. The van der Waals surface area contributed by atoms with Crippen molar-refractivity contribution in [2.75, 3.05) is 13.2 Å². The van der Waals surface area contributed by atoms with Crippen molar-refractivity contribution >= 4 is 11.9 Å². The summed E-state index contributed by atoms with van der Waals surface area (Å²) >= 11 is 0. The van der Waals surface area contributed by atoms with Crippen molar-refractivity contribution in [3.63, 3.8) is 0 Å². The van der Waals surface area contributed by atoms with E-state index in [0.29, 0.717) is 25.9 Å². The molecule has 558 valence electrons. The Morgan fingerprint density at radius 1 is 0.298 bits per heavy atom. The van der Waals surface area contributed by atoms with Crippen LogP contribution in [0.3, 0.4) is 0 Å². The number of hydrogen-bond donors (Lipinski definition) is 3. The van der Waals surface area contributed by atoms with Gasteiger partial charge < -0.3 is 20.3 Å². The van der Waals surface area contributed by atoms with Crippen LogP contribution in [0.2, 0.25) is 0 Å². The molecule has 0 radical (unpaired) electrons. The highest BCUT2D eigenvalue weighted by Gasteiger charge is 2.20. The zero-order valence-corrected chi connectivity index (χ0v) is 64.2. The largest absolute Gasteiger partial charge is 0.466 e. The molecule has 0 saturated heterocycles. The van der Waals surface area contributed by atoms with Crippen molar-refractivity contribution in [3.05, 3.63) is 24.3 Å². The number of allylic oxidation sites excluding steroid dienone is 4. The molecular formula is C88H171NO5. The summed E-state index contributed by atoms with van der Waals surface area (Å²) in [5, 5.41) is 23.5. The summed E-state index contributed by atoms with van der Waals surface area (Å²) in [5.41, 5.74) is 0. The molecule has 0 aliphatic rings. The summed E-state index contributed by atoms with van der Waals surface area (Å²) in [6, 6.07) is -0.540. The number of aliphatic hydroxyl groups is 2. The molecule has 2 unspecified atom stereocenters.